The highest BCUT2D eigenvalue weighted by Gasteiger charge is 2.26. The summed E-state index contributed by atoms with van der Waals surface area (Å²) >= 11 is 0. The Kier molecular flexibility index (Phi) is 4.08. The first-order valence-electron chi connectivity index (χ1n) is 4.95. The average Bonchev–Trinajstić information content (AvgIpc) is 2.59. The van der Waals surface area contributed by atoms with Crippen LogP contribution in [0.15, 0.2) is 0 Å². The second-order valence-corrected chi connectivity index (χ2v) is 3.52. The van der Waals surface area contributed by atoms with Crippen LogP contribution in [-0.4, -0.2) is 30.3 Å². The predicted molar refractivity (Wildman–Crippen MR) is 52.6 cm³/mol. The van der Waals surface area contributed by atoms with Crippen molar-refractivity contribution in [1.29, 1.82) is 0 Å². The molecule has 0 spiro atoms. The lowest BCUT2D eigenvalue weighted by Crippen LogP contribution is -2.42. The fraction of sp³-hybridized carbons (Fsp3) is 0.667. The van der Waals surface area contributed by atoms with E-state index in [1.165, 1.54) is 0 Å². The molecule has 0 saturated carbocycles. The van der Waals surface area contributed by atoms with Gasteiger partial charge in [-0.2, -0.15) is 0 Å². The van der Waals surface area contributed by atoms with E-state index in [9.17, 15) is 14.4 Å². The molecule has 0 bridgehead atoms. The van der Waals surface area contributed by atoms with Crippen LogP contribution in [0.5, 0.6) is 0 Å². The summed E-state index contributed by atoms with van der Waals surface area (Å²) in [5.41, 5.74) is 4.94. The third kappa shape index (κ3) is 3.97. The number of hydrogen-bond donors (Lipinski definition) is 3. The van der Waals surface area contributed by atoms with Crippen molar-refractivity contribution < 1.29 is 14.4 Å². The maximum absolute atomic E-state index is 11.4. The minimum absolute atomic E-state index is 0.0905. The Balaban J connectivity index is 2.13. The van der Waals surface area contributed by atoms with Crippen molar-refractivity contribution in [3.63, 3.8) is 0 Å². The van der Waals surface area contributed by atoms with Crippen molar-refractivity contribution in [3.8, 4) is 0 Å². The van der Waals surface area contributed by atoms with Crippen LogP contribution in [0.4, 0.5) is 0 Å². The molecule has 0 aliphatic carbocycles. The second kappa shape index (κ2) is 5.33. The first-order valence-corrected chi connectivity index (χ1v) is 4.95. The van der Waals surface area contributed by atoms with Gasteiger partial charge in [0.05, 0.1) is 0 Å². The van der Waals surface area contributed by atoms with E-state index in [0.717, 1.165) is 0 Å². The first kappa shape index (κ1) is 11.5. The number of hydrogen-bond acceptors (Lipinski definition) is 3. The highest BCUT2D eigenvalue weighted by molar-refractivity contribution is 5.90. The molecule has 6 heteroatoms. The number of nitrogens with one attached hydrogen (secondary N) is 2. The number of carbonyl (C=O) groups excluding carboxylic acids is 3. The van der Waals surface area contributed by atoms with E-state index in [-0.39, 0.29) is 24.1 Å². The normalized spacial score (nSPS) is 19.7. The van der Waals surface area contributed by atoms with Crippen molar-refractivity contribution in [2.45, 2.75) is 31.7 Å². The molecular weight excluding hydrogens is 198 g/mol. The molecule has 15 heavy (non-hydrogen) atoms. The summed E-state index contributed by atoms with van der Waals surface area (Å²) in [6, 6.07) is -0.411. The quantitative estimate of drug-likeness (QED) is 0.492. The summed E-state index contributed by atoms with van der Waals surface area (Å²) in [6.45, 7) is 0.411. The van der Waals surface area contributed by atoms with Crippen LogP contribution >= 0.6 is 0 Å². The Morgan fingerprint density at radius 2 is 2.27 bits per heavy atom. The lowest BCUT2D eigenvalue weighted by atomic mass is 10.2. The van der Waals surface area contributed by atoms with Gasteiger partial charge in [0, 0.05) is 19.4 Å². The summed E-state index contributed by atoms with van der Waals surface area (Å²) in [5.74, 6) is -0.656. The lowest BCUT2D eigenvalue weighted by Gasteiger charge is -2.09. The van der Waals surface area contributed by atoms with E-state index >= 15 is 0 Å². The summed E-state index contributed by atoms with van der Waals surface area (Å²) < 4.78 is 0. The molecular formula is C9H15N3O3. The summed E-state index contributed by atoms with van der Waals surface area (Å²) in [4.78, 5) is 32.6. The summed E-state index contributed by atoms with van der Waals surface area (Å²) in [5, 5.41) is 5.20. The van der Waals surface area contributed by atoms with Gasteiger partial charge in [-0.3, -0.25) is 14.4 Å². The SMILES string of the molecule is NC(=O)CCCNC(=O)C1CCC(=O)N1. The van der Waals surface area contributed by atoms with E-state index in [0.29, 0.717) is 25.8 Å². The van der Waals surface area contributed by atoms with Crippen molar-refractivity contribution in [2.24, 2.45) is 5.73 Å². The molecule has 1 aliphatic rings. The van der Waals surface area contributed by atoms with Crippen LogP contribution in [0.25, 0.3) is 0 Å². The van der Waals surface area contributed by atoms with Gasteiger partial charge in [-0.15, -0.1) is 0 Å². The second-order valence-electron chi connectivity index (χ2n) is 3.52. The average molecular weight is 213 g/mol. The Morgan fingerprint density at radius 1 is 1.53 bits per heavy atom. The monoisotopic (exact) mass is 213 g/mol. The molecule has 1 rings (SSSR count). The van der Waals surface area contributed by atoms with Gasteiger partial charge in [-0.1, -0.05) is 0 Å². The molecule has 1 aliphatic heterocycles. The number of carbonyl (C=O) groups is 3. The molecule has 0 aromatic carbocycles. The molecule has 1 fully saturated rings. The van der Waals surface area contributed by atoms with Crippen molar-refractivity contribution in [2.75, 3.05) is 6.54 Å². The van der Waals surface area contributed by atoms with Crippen LogP contribution in [0.3, 0.4) is 0 Å². The number of rotatable bonds is 5. The first-order chi connectivity index (χ1) is 7.09. The Bertz CT molecular complexity index is 278. The molecule has 6 nitrogen and oxygen atoms in total. The molecule has 0 aromatic heterocycles. The molecule has 4 N–H and O–H groups in total. The third-order valence-electron chi connectivity index (χ3n) is 2.21. The maximum atomic E-state index is 11.4. The van der Waals surface area contributed by atoms with Gasteiger partial charge < -0.3 is 16.4 Å². The third-order valence-corrected chi connectivity index (χ3v) is 2.21. The van der Waals surface area contributed by atoms with Crippen LogP contribution in [0.1, 0.15) is 25.7 Å². The topological polar surface area (TPSA) is 101 Å². The summed E-state index contributed by atoms with van der Waals surface area (Å²) in [7, 11) is 0. The van der Waals surface area contributed by atoms with Gasteiger partial charge >= 0.3 is 0 Å². The Labute approximate surface area is 87.6 Å². The van der Waals surface area contributed by atoms with Crippen molar-refractivity contribution in [3.05, 3.63) is 0 Å². The fourth-order valence-corrected chi connectivity index (χ4v) is 1.41. The molecule has 3 amide bonds. The standard InChI is InChI=1S/C9H15N3O3/c10-7(13)2-1-5-11-9(15)6-3-4-8(14)12-6/h6H,1-5H2,(H2,10,13)(H,11,15)(H,12,14). The molecule has 1 atom stereocenters. The van der Waals surface area contributed by atoms with Gasteiger partial charge in [0.2, 0.25) is 17.7 Å². The van der Waals surface area contributed by atoms with Gasteiger partial charge in [-0.05, 0) is 12.8 Å². The summed E-state index contributed by atoms with van der Waals surface area (Å²) in [6.07, 6.45) is 1.74. The maximum Gasteiger partial charge on any atom is 0.242 e. The minimum atomic E-state index is -0.411. The van der Waals surface area contributed by atoms with Crippen LogP contribution < -0.4 is 16.4 Å². The lowest BCUT2D eigenvalue weighted by molar-refractivity contribution is -0.125. The molecule has 1 saturated heterocycles. The van der Waals surface area contributed by atoms with Gasteiger partial charge in [0.25, 0.3) is 0 Å². The molecule has 0 radical (unpaired) electrons. The number of primary amides is 1. The van der Waals surface area contributed by atoms with Gasteiger partial charge in [0.1, 0.15) is 6.04 Å². The van der Waals surface area contributed by atoms with Gasteiger partial charge in [-0.25, -0.2) is 0 Å². The van der Waals surface area contributed by atoms with Crippen molar-refractivity contribution >= 4 is 17.7 Å². The molecule has 1 heterocycles. The minimum Gasteiger partial charge on any atom is -0.370 e. The smallest absolute Gasteiger partial charge is 0.242 e. The Morgan fingerprint density at radius 3 is 2.80 bits per heavy atom. The van der Waals surface area contributed by atoms with Crippen LogP contribution in [0, 0.1) is 0 Å². The van der Waals surface area contributed by atoms with Crippen LogP contribution in [-0.2, 0) is 14.4 Å². The van der Waals surface area contributed by atoms with E-state index in [2.05, 4.69) is 10.6 Å². The number of amides is 3. The molecule has 84 valence electrons. The zero-order chi connectivity index (χ0) is 11.3. The van der Waals surface area contributed by atoms with Gasteiger partial charge in [0.15, 0.2) is 0 Å². The largest absolute Gasteiger partial charge is 0.370 e. The molecule has 0 aromatic rings. The fourth-order valence-electron chi connectivity index (χ4n) is 1.41. The highest BCUT2D eigenvalue weighted by atomic mass is 16.2. The van der Waals surface area contributed by atoms with E-state index in [1.807, 2.05) is 0 Å². The Hall–Kier alpha value is -1.59. The van der Waals surface area contributed by atoms with E-state index in [4.69, 9.17) is 5.73 Å². The zero-order valence-electron chi connectivity index (χ0n) is 8.41. The number of nitrogens with two attached hydrogens (primary N) is 1. The highest BCUT2D eigenvalue weighted by Crippen LogP contribution is 2.05. The zero-order valence-corrected chi connectivity index (χ0v) is 8.41. The predicted octanol–water partition coefficient (Wildman–Crippen LogP) is -1.35. The van der Waals surface area contributed by atoms with Crippen LogP contribution in [0.2, 0.25) is 0 Å². The van der Waals surface area contributed by atoms with E-state index in [1.54, 1.807) is 0 Å². The van der Waals surface area contributed by atoms with Crippen molar-refractivity contribution in [1.82, 2.24) is 10.6 Å². The molecule has 1 unspecified atom stereocenters. The van der Waals surface area contributed by atoms with E-state index < -0.39 is 6.04 Å².